The van der Waals surface area contributed by atoms with Gasteiger partial charge in [0.2, 0.25) is 5.89 Å². The van der Waals surface area contributed by atoms with Gasteiger partial charge in [-0.2, -0.15) is 0 Å². The van der Waals surface area contributed by atoms with Crippen LogP contribution in [-0.2, 0) is 16.4 Å². The Morgan fingerprint density at radius 1 is 1.60 bits per heavy atom. The maximum absolute atomic E-state index is 11.4. The number of sulfone groups is 1. The molecule has 15 heavy (non-hydrogen) atoms. The third-order valence-corrected chi connectivity index (χ3v) is 4.43. The monoisotopic (exact) mass is 230 g/mol. The summed E-state index contributed by atoms with van der Waals surface area (Å²) in [5, 5.41) is 0. The summed E-state index contributed by atoms with van der Waals surface area (Å²) < 4.78 is 28.2. The Bertz CT molecular complexity index is 438. The van der Waals surface area contributed by atoms with E-state index in [1.807, 2.05) is 0 Å². The van der Waals surface area contributed by atoms with Crippen molar-refractivity contribution in [2.24, 2.45) is 5.73 Å². The Kier molecular flexibility index (Phi) is 2.79. The van der Waals surface area contributed by atoms with Crippen molar-refractivity contribution in [1.82, 2.24) is 4.98 Å². The SMILES string of the molecule is NCc1ncc(C2CCCS(=O)(=O)C2)o1. The van der Waals surface area contributed by atoms with Gasteiger partial charge in [0.15, 0.2) is 9.84 Å². The van der Waals surface area contributed by atoms with E-state index in [0.717, 1.165) is 6.42 Å². The van der Waals surface area contributed by atoms with Gasteiger partial charge < -0.3 is 10.2 Å². The van der Waals surface area contributed by atoms with Crippen molar-refractivity contribution in [2.45, 2.75) is 25.3 Å². The molecule has 0 aromatic carbocycles. The second-order valence-corrected chi connectivity index (χ2v) is 6.04. The highest BCUT2D eigenvalue weighted by molar-refractivity contribution is 7.91. The van der Waals surface area contributed by atoms with E-state index in [0.29, 0.717) is 23.8 Å². The van der Waals surface area contributed by atoms with Crippen LogP contribution in [0.3, 0.4) is 0 Å². The van der Waals surface area contributed by atoms with Crippen molar-refractivity contribution in [3.63, 3.8) is 0 Å². The van der Waals surface area contributed by atoms with E-state index < -0.39 is 9.84 Å². The number of nitrogens with two attached hydrogens (primary N) is 1. The molecule has 0 aliphatic carbocycles. The third-order valence-electron chi connectivity index (χ3n) is 2.61. The summed E-state index contributed by atoms with van der Waals surface area (Å²) in [6, 6.07) is 0. The molecule has 2 N–H and O–H groups in total. The summed E-state index contributed by atoms with van der Waals surface area (Å²) in [7, 11) is -2.90. The van der Waals surface area contributed by atoms with E-state index in [4.69, 9.17) is 10.2 Å². The summed E-state index contributed by atoms with van der Waals surface area (Å²) in [5.41, 5.74) is 5.37. The molecule has 0 radical (unpaired) electrons. The highest BCUT2D eigenvalue weighted by Crippen LogP contribution is 2.28. The lowest BCUT2D eigenvalue weighted by Crippen LogP contribution is -2.23. The molecular formula is C9H14N2O3S. The maximum atomic E-state index is 11.4. The van der Waals surface area contributed by atoms with Crippen LogP contribution in [0.25, 0.3) is 0 Å². The second-order valence-electron chi connectivity index (χ2n) is 3.81. The van der Waals surface area contributed by atoms with Crippen LogP contribution in [0.15, 0.2) is 10.6 Å². The molecule has 1 saturated heterocycles. The fraction of sp³-hybridized carbons (Fsp3) is 0.667. The lowest BCUT2D eigenvalue weighted by Gasteiger charge is -2.19. The molecule has 1 unspecified atom stereocenters. The first-order chi connectivity index (χ1) is 7.11. The van der Waals surface area contributed by atoms with Crippen LogP contribution in [-0.4, -0.2) is 24.9 Å². The number of oxazole rings is 1. The van der Waals surface area contributed by atoms with Gasteiger partial charge in [0.25, 0.3) is 0 Å². The predicted molar refractivity (Wildman–Crippen MR) is 55.0 cm³/mol. The van der Waals surface area contributed by atoms with Crippen molar-refractivity contribution in [3.8, 4) is 0 Å². The fourth-order valence-corrected chi connectivity index (χ4v) is 3.57. The highest BCUT2D eigenvalue weighted by Gasteiger charge is 2.28. The highest BCUT2D eigenvalue weighted by atomic mass is 32.2. The maximum Gasteiger partial charge on any atom is 0.208 e. The molecule has 5 nitrogen and oxygen atoms in total. The largest absolute Gasteiger partial charge is 0.444 e. The van der Waals surface area contributed by atoms with Crippen LogP contribution in [0.1, 0.15) is 30.4 Å². The molecule has 2 heterocycles. The standard InChI is InChI=1S/C9H14N2O3S/c10-4-9-11-5-8(14-9)7-2-1-3-15(12,13)6-7/h5,7H,1-4,6,10H2. The van der Waals surface area contributed by atoms with Crippen LogP contribution in [0.5, 0.6) is 0 Å². The van der Waals surface area contributed by atoms with Gasteiger partial charge in [-0.1, -0.05) is 0 Å². The van der Waals surface area contributed by atoms with E-state index in [2.05, 4.69) is 4.98 Å². The number of nitrogens with zero attached hydrogens (tertiary/aromatic N) is 1. The minimum atomic E-state index is -2.90. The molecule has 1 fully saturated rings. The minimum absolute atomic E-state index is 0.0449. The molecule has 1 aliphatic heterocycles. The fourth-order valence-electron chi connectivity index (χ4n) is 1.85. The normalized spacial score (nSPS) is 25.3. The van der Waals surface area contributed by atoms with E-state index in [1.54, 1.807) is 6.20 Å². The summed E-state index contributed by atoms with van der Waals surface area (Å²) in [6.07, 6.45) is 3.14. The Hall–Kier alpha value is -0.880. The van der Waals surface area contributed by atoms with Gasteiger partial charge in [0, 0.05) is 5.92 Å². The van der Waals surface area contributed by atoms with Crippen molar-refractivity contribution in [2.75, 3.05) is 11.5 Å². The molecule has 0 spiro atoms. The lowest BCUT2D eigenvalue weighted by atomic mass is 10.0. The van der Waals surface area contributed by atoms with Crippen LogP contribution in [0.4, 0.5) is 0 Å². The summed E-state index contributed by atoms with van der Waals surface area (Å²) in [5.74, 6) is 1.54. The third kappa shape index (κ3) is 2.38. The molecule has 1 aromatic heterocycles. The van der Waals surface area contributed by atoms with Crippen LogP contribution >= 0.6 is 0 Å². The number of aromatic nitrogens is 1. The van der Waals surface area contributed by atoms with E-state index in [9.17, 15) is 8.42 Å². The molecule has 6 heteroatoms. The summed E-state index contributed by atoms with van der Waals surface area (Å²) in [6.45, 7) is 0.249. The van der Waals surface area contributed by atoms with E-state index >= 15 is 0 Å². The molecule has 0 saturated carbocycles. The number of hydrogen-bond donors (Lipinski definition) is 1. The smallest absolute Gasteiger partial charge is 0.208 e. The summed E-state index contributed by atoms with van der Waals surface area (Å²) >= 11 is 0. The molecule has 0 amide bonds. The Labute approximate surface area is 88.6 Å². The molecule has 1 aromatic rings. The van der Waals surface area contributed by atoms with Gasteiger partial charge in [0.05, 0.1) is 24.2 Å². The molecule has 1 aliphatic rings. The van der Waals surface area contributed by atoms with Crippen molar-refractivity contribution >= 4 is 9.84 Å². The van der Waals surface area contributed by atoms with Crippen LogP contribution in [0.2, 0.25) is 0 Å². The molecule has 2 rings (SSSR count). The number of rotatable bonds is 2. The van der Waals surface area contributed by atoms with Crippen molar-refractivity contribution in [1.29, 1.82) is 0 Å². The number of hydrogen-bond acceptors (Lipinski definition) is 5. The summed E-state index contributed by atoms with van der Waals surface area (Å²) in [4.78, 5) is 3.97. The average molecular weight is 230 g/mol. The average Bonchev–Trinajstić information content (AvgIpc) is 2.64. The Morgan fingerprint density at radius 2 is 2.40 bits per heavy atom. The Morgan fingerprint density at radius 3 is 3.00 bits per heavy atom. The van der Waals surface area contributed by atoms with E-state index in [-0.39, 0.29) is 18.2 Å². The first kappa shape index (κ1) is 10.6. The van der Waals surface area contributed by atoms with Gasteiger partial charge in [-0.15, -0.1) is 0 Å². The van der Waals surface area contributed by atoms with E-state index in [1.165, 1.54) is 0 Å². The van der Waals surface area contributed by atoms with Gasteiger partial charge in [-0.25, -0.2) is 13.4 Å². The van der Waals surface area contributed by atoms with Crippen LogP contribution in [0, 0.1) is 0 Å². The van der Waals surface area contributed by atoms with Crippen molar-refractivity contribution in [3.05, 3.63) is 17.8 Å². The first-order valence-corrected chi connectivity index (χ1v) is 6.78. The zero-order valence-electron chi connectivity index (χ0n) is 8.35. The quantitative estimate of drug-likeness (QED) is 0.796. The molecule has 1 atom stereocenters. The molecule has 0 bridgehead atoms. The van der Waals surface area contributed by atoms with Gasteiger partial charge in [0.1, 0.15) is 5.76 Å². The van der Waals surface area contributed by atoms with Gasteiger partial charge >= 0.3 is 0 Å². The second kappa shape index (κ2) is 3.94. The van der Waals surface area contributed by atoms with Crippen LogP contribution < -0.4 is 5.73 Å². The van der Waals surface area contributed by atoms with Gasteiger partial charge in [-0.05, 0) is 12.8 Å². The lowest BCUT2D eigenvalue weighted by molar-refractivity contribution is 0.417. The molecular weight excluding hydrogens is 216 g/mol. The molecule has 84 valence electrons. The van der Waals surface area contributed by atoms with Crippen molar-refractivity contribution < 1.29 is 12.8 Å². The topological polar surface area (TPSA) is 86.2 Å². The Balaban J connectivity index is 2.17. The zero-order valence-corrected chi connectivity index (χ0v) is 9.16. The minimum Gasteiger partial charge on any atom is -0.444 e. The van der Waals surface area contributed by atoms with Gasteiger partial charge in [-0.3, -0.25) is 0 Å². The predicted octanol–water partition coefficient (Wildman–Crippen LogP) is 0.425. The zero-order chi connectivity index (χ0) is 10.9. The first-order valence-electron chi connectivity index (χ1n) is 4.96.